The number of likely N-dealkylation sites (tertiary alicyclic amines) is 2. The Labute approximate surface area is 149 Å². The van der Waals surface area contributed by atoms with Gasteiger partial charge in [0.1, 0.15) is 0 Å². The van der Waals surface area contributed by atoms with Crippen molar-refractivity contribution in [1.29, 1.82) is 0 Å². The zero-order valence-electron chi connectivity index (χ0n) is 14.6. The summed E-state index contributed by atoms with van der Waals surface area (Å²) in [6.45, 7) is 3.07. The largest absolute Gasteiger partial charge is 0.342 e. The highest BCUT2D eigenvalue weighted by molar-refractivity contribution is 5.94. The molecule has 5 nitrogen and oxygen atoms in total. The van der Waals surface area contributed by atoms with Crippen LogP contribution < -0.4 is 5.73 Å². The molecule has 5 heteroatoms. The van der Waals surface area contributed by atoms with Gasteiger partial charge in [-0.05, 0) is 49.7 Å². The van der Waals surface area contributed by atoms with Gasteiger partial charge in [-0.15, -0.1) is 0 Å². The Morgan fingerprint density at radius 1 is 0.920 bits per heavy atom. The highest BCUT2D eigenvalue weighted by atomic mass is 16.2. The van der Waals surface area contributed by atoms with Gasteiger partial charge in [0.25, 0.3) is 5.91 Å². The number of benzene rings is 1. The van der Waals surface area contributed by atoms with Crippen molar-refractivity contribution in [1.82, 2.24) is 9.80 Å². The molecule has 0 radical (unpaired) electrons. The molecule has 2 N–H and O–H groups in total. The number of nitrogens with zero attached hydrogens (tertiary/aromatic N) is 2. The minimum Gasteiger partial charge on any atom is -0.342 e. The Morgan fingerprint density at radius 3 is 2.32 bits per heavy atom. The predicted molar refractivity (Wildman–Crippen MR) is 95.8 cm³/mol. The van der Waals surface area contributed by atoms with Crippen LogP contribution in [0.5, 0.6) is 0 Å². The first-order chi connectivity index (χ1) is 12.1. The molecule has 1 saturated carbocycles. The van der Waals surface area contributed by atoms with E-state index in [0.29, 0.717) is 24.9 Å². The Kier molecular flexibility index (Phi) is 4.50. The van der Waals surface area contributed by atoms with E-state index in [-0.39, 0.29) is 23.8 Å². The molecule has 4 rings (SSSR count). The maximum atomic E-state index is 12.9. The van der Waals surface area contributed by atoms with Crippen LogP contribution in [-0.4, -0.2) is 53.8 Å². The van der Waals surface area contributed by atoms with Gasteiger partial charge < -0.3 is 15.5 Å². The van der Waals surface area contributed by atoms with Crippen molar-refractivity contribution in [2.24, 2.45) is 23.5 Å². The fourth-order valence-electron chi connectivity index (χ4n) is 4.84. The van der Waals surface area contributed by atoms with E-state index in [1.807, 2.05) is 40.1 Å². The summed E-state index contributed by atoms with van der Waals surface area (Å²) in [4.78, 5) is 29.3. The van der Waals surface area contributed by atoms with Crippen molar-refractivity contribution in [3.63, 3.8) is 0 Å². The molecule has 1 aromatic carbocycles. The molecule has 2 amide bonds. The third kappa shape index (κ3) is 3.17. The Morgan fingerprint density at radius 2 is 1.64 bits per heavy atom. The summed E-state index contributed by atoms with van der Waals surface area (Å²) in [5, 5.41) is 0. The van der Waals surface area contributed by atoms with Gasteiger partial charge in [0.05, 0.1) is 0 Å². The van der Waals surface area contributed by atoms with Crippen LogP contribution in [0, 0.1) is 17.8 Å². The fraction of sp³-hybridized carbons (Fsp3) is 0.600. The Bertz CT molecular complexity index is 640. The van der Waals surface area contributed by atoms with Gasteiger partial charge in [-0.1, -0.05) is 18.2 Å². The number of carbonyl (C=O) groups excluding carboxylic acids is 2. The molecule has 2 aliphatic heterocycles. The lowest BCUT2D eigenvalue weighted by Gasteiger charge is -2.33. The molecule has 3 fully saturated rings. The molecule has 1 aromatic rings. The van der Waals surface area contributed by atoms with Crippen molar-refractivity contribution in [2.45, 2.75) is 31.7 Å². The van der Waals surface area contributed by atoms with Gasteiger partial charge >= 0.3 is 0 Å². The van der Waals surface area contributed by atoms with Crippen molar-refractivity contribution >= 4 is 11.8 Å². The molecule has 2 saturated heterocycles. The van der Waals surface area contributed by atoms with Crippen LogP contribution in [-0.2, 0) is 4.79 Å². The molecule has 3 atom stereocenters. The topological polar surface area (TPSA) is 66.6 Å². The van der Waals surface area contributed by atoms with Crippen LogP contribution in [0.25, 0.3) is 0 Å². The molecule has 0 aromatic heterocycles. The number of nitrogens with two attached hydrogens (primary N) is 1. The minimum absolute atomic E-state index is 0.0647. The van der Waals surface area contributed by atoms with Crippen LogP contribution in [0.1, 0.15) is 36.0 Å². The first kappa shape index (κ1) is 16.6. The van der Waals surface area contributed by atoms with Gasteiger partial charge in [0.15, 0.2) is 0 Å². The van der Waals surface area contributed by atoms with Crippen LogP contribution in [0.2, 0.25) is 0 Å². The molecule has 25 heavy (non-hydrogen) atoms. The van der Waals surface area contributed by atoms with Crippen LogP contribution in [0.15, 0.2) is 30.3 Å². The Balaban J connectivity index is 1.32. The second-order valence-electron chi connectivity index (χ2n) is 7.84. The number of hydrogen-bond donors (Lipinski definition) is 1. The molecule has 3 aliphatic rings. The monoisotopic (exact) mass is 341 g/mol. The van der Waals surface area contributed by atoms with Crippen LogP contribution >= 0.6 is 0 Å². The third-order valence-electron chi connectivity index (χ3n) is 6.38. The van der Waals surface area contributed by atoms with E-state index in [2.05, 4.69) is 0 Å². The third-order valence-corrected chi connectivity index (χ3v) is 6.38. The molecule has 2 heterocycles. The van der Waals surface area contributed by atoms with Crippen molar-refractivity contribution in [3.05, 3.63) is 35.9 Å². The minimum atomic E-state index is 0.0647. The number of piperidine rings is 1. The Hall–Kier alpha value is -1.88. The molecular weight excluding hydrogens is 314 g/mol. The SMILES string of the molecule is NC1CCC2CN(C(=O)C3CCN(C(=O)c4ccccc4)CC3)CC12. The normalized spacial score (nSPS) is 29.7. The highest BCUT2D eigenvalue weighted by Crippen LogP contribution is 2.38. The molecule has 3 unspecified atom stereocenters. The van der Waals surface area contributed by atoms with Gasteiger partial charge in [0, 0.05) is 43.7 Å². The highest BCUT2D eigenvalue weighted by Gasteiger charge is 2.43. The van der Waals surface area contributed by atoms with Gasteiger partial charge in [-0.2, -0.15) is 0 Å². The van der Waals surface area contributed by atoms with E-state index >= 15 is 0 Å². The van der Waals surface area contributed by atoms with Gasteiger partial charge in [-0.3, -0.25) is 9.59 Å². The van der Waals surface area contributed by atoms with E-state index in [4.69, 9.17) is 5.73 Å². The molecule has 1 aliphatic carbocycles. The number of amides is 2. The number of hydrogen-bond acceptors (Lipinski definition) is 3. The maximum Gasteiger partial charge on any atom is 0.253 e. The summed E-state index contributed by atoms with van der Waals surface area (Å²) < 4.78 is 0. The molecule has 0 spiro atoms. The maximum absolute atomic E-state index is 12.9. The zero-order chi connectivity index (χ0) is 17.4. The summed E-state index contributed by atoms with van der Waals surface area (Å²) in [5.41, 5.74) is 6.92. The van der Waals surface area contributed by atoms with E-state index in [9.17, 15) is 9.59 Å². The van der Waals surface area contributed by atoms with E-state index in [0.717, 1.165) is 37.9 Å². The average molecular weight is 341 g/mol. The first-order valence-electron chi connectivity index (χ1n) is 9.52. The first-order valence-corrected chi connectivity index (χ1v) is 9.52. The summed E-state index contributed by atoms with van der Waals surface area (Å²) in [7, 11) is 0. The second kappa shape index (κ2) is 6.79. The van der Waals surface area contributed by atoms with Crippen LogP contribution in [0.3, 0.4) is 0 Å². The smallest absolute Gasteiger partial charge is 0.253 e. The lowest BCUT2D eigenvalue weighted by molar-refractivity contribution is -0.136. The predicted octanol–water partition coefficient (Wildman–Crippen LogP) is 1.73. The van der Waals surface area contributed by atoms with Crippen molar-refractivity contribution in [2.75, 3.05) is 26.2 Å². The lowest BCUT2D eigenvalue weighted by atomic mass is 9.94. The van der Waals surface area contributed by atoms with E-state index in [1.54, 1.807) is 0 Å². The number of carbonyl (C=O) groups is 2. The van der Waals surface area contributed by atoms with Gasteiger partial charge in [-0.25, -0.2) is 0 Å². The summed E-state index contributed by atoms with van der Waals surface area (Å²) in [5.74, 6) is 1.54. The van der Waals surface area contributed by atoms with E-state index < -0.39 is 0 Å². The number of rotatable bonds is 2. The summed E-state index contributed by atoms with van der Waals surface area (Å²) in [6, 6.07) is 9.67. The summed E-state index contributed by atoms with van der Waals surface area (Å²) in [6.07, 6.45) is 3.82. The summed E-state index contributed by atoms with van der Waals surface area (Å²) >= 11 is 0. The quantitative estimate of drug-likeness (QED) is 0.891. The van der Waals surface area contributed by atoms with E-state index in [1.165, 1.54) is 6.42 Å². The van der Waals surface area contributed by atoms with Crippen molar-refractivity contribution < 1.29 is 9.59 Å². The van der Waals surface area contributed by atoms with Crippen molar-refractivity contribution in [3.8, 4) is 0 Å². The molecule has 134 valence electrons. The lowest BCUT2D eigenvalue weighted by Crippen LogP contribution is -2.44. The fourth-order valence-corrected chi connectivity index (χ4v) is 4.84. The standard InChI is InChI=1S/C20H27N3O2/c21-18-7-6-16-12-23(13-17(16)18)20(25)15-8-10-22(11-9-15)19(24)14-4-2-1-3-5-14/h1-5,15-18H,6-13,21H2. The van der Waals surface area contributed by atoms with Gasteiger partial charge in [0.2, 0.25) is 5.91 Å². The average Bonchev–Trinajstić information content (AvgIpc) is 3.24. The molecule has 0 bridgehead atoms. The second-order valence-corrected chi connectivity index (χ2v) is 7.84. The molecular formula is C20H27N3O2. The zero-order valence-corrected chi connectivity index (χ0v) is 14.6. The van der Waals surface area contributed by atoms with Crippen LogP contribution in [0.4, 0.5) is 0 Å². The number of fused-ring (bicyclic) bond motifs is 1.